The Bertz CT molecular complexity index is 394. The van der Waals surface area contributed by atoms with Crippen molar-refractivity contribution in [3.63, 3.8) is 0 Å². The van der Waals surface area contributed by atoms with Crippen molar-refractivity contribution in [2.24, 2.45) is 16.3 Å². The van der Waals surface area contributed by atoms with Crippen molar-refractivity contribution in [2.75, 3.05) is 59.5 Å². The van der Waals surface area contributed by atoms with Gasteiger partial charge in [-0.25, -0.2) is 0 Å². The predicted octanol–water partition coefficient (Wildman–Crippen LogP) is 2.02. The Morgan fingerprint density at radius 1 is 1.22 bits per heavy atom. The highest BCUT2D eigenvalue weighted by Gasteiger charge is 2.43. The third kappa shape index (κ3) is 4.95. The van der Waals surface area contributed by atoms with Gasteiger partial charge in [-0.1, -0.05) is 13.3 Å². The number of guanidine groups is 1. The van der Waals surface area contributed by atoms with Crippen LogP contribution in [-0.2, 0) is 4.74 Å². The first-order valence-corrected chi connectivity index (χ1v) is 8.96. The Morgan fingerprint density at radius 3 is 2.52 bits per heavy atom. The van der Waals surface area contributed by atoms with Crippen molar-refractivity contribution >= 4 is 29.9 Å². The Balaban J connectivity index is 0.00000192. The van der Waals surface area contributed by atoms with Crippen molar-refractivity contribution in [1.82, 2.24) is 15.1 Å². The molecule has 0 aromatic heterocycles. The van der Waals surface area contributed by atoms with Crippen LogP contribution in [0.15, 0.2) is 4.99 Å². The molecule has 2 saturated heterocycles. The van der Waals surface area contributed by atoms with Crippen molar-refractivity contribution < 1.29 is 4.74 Å². The molecule has 1 aliphatic carbocycles. The first kappa shape index (κ1) is 19.2. The molecule has 0 radical (unpaired) electrons. The number of aliphatic imine (C=N–C) groups is 1. The molecule has 5 nitrogen and oxygen atoms in total. The van der Waals surface area contributed by atoms with Gasteiger partial charge in [0.1, 0.15) is 0 Å². The second-order valence-corrected chi connectivity index (χ2v) is 7.47. The summed E-state index contributed by atoms with van der Waals surface area (Å²) in [4.78, 5) is 9.50. The fraction of sp³-hybridized carbons (Fsp3) is 0.941. The molecule has 1 unspecified atom stereocenters. The molecule has 0 bridgehead atoms. The van der Waals surface area contributed by atoms with E-state index in [9.17, 15) is 0 Å². The lowest BCUT2D eigenvalue weighted by molar-refractivity contribution is 0.0320. The molecule has 0 aromatic rings. The second-order valence-electron chi connectivity index (χ2n) is 7.47. The summed E-state index contributed by atoms with van der Waals surface area (Å²) in [6.07, 6.45) is 5.63. The van der Waals surface area contributed by atoms with E-state index in [4.69, 9.17) is 4.74 Å². The minimum atomic E-state index is 0. The van der Waals surface area contributed by atoms with E-state index in [-0.39, 0.29) is 24.0 Å². The minimum absolute atomic E-state index is 0. The number of nitrogens with one attached hydrogen (secondary N) is 1. The highest BCUT2D eigenvalue weighted by atomic mass is 127. The van der Waals surface area contributed by atoms with Gasteiger partial charge >= 0.3 is 0 Å². The van der Waals surface area contributed by atoms with Gasteiger partial charge in [-0.3, -0.25) is 9.89 Å². The summed E-state index contributed by atoms with van der Waals surface area (Å²) >= 11 is 0. The third-order valence-corrected chi connectivity index (χ3v) is 5.65. The maximum atomic E-state index is 5.42. The fourth-order valence-electron chi connectivity index (χ4n) is 4.09. The Morgan fingerprint density at radius 2 is 1.96 bits per heavy atom. The van der Waals surface area contributed by atoms with E-state index in [0.29, 0.717) is 11.3 Å². The van der Waals surface area contributed by atoms with Gasteiger partial charge in [0.05, 0.1) is 13.2 Å². The molecule has 134 valence electrons. The molecule has 1 spiro atoms. The number of halogens is 1. The first-order valence-electron chi connectivity index (χ1n) is 8.96. The fourth-order valence-corrected chi connectivity index (χ4v) is 4.09. The second kappa shape index (κ2) is 8.85. The molecule has 1 N–H and O–H groups in total. The monoisotopic (exact) mass is 436 g/mol. The molecule has 0 amide bonds. The van der Waals surface area contributed by atoms with Crippen LogP contribution in [0.25, 0.3) is 0 Å². The molecule has 6 heteroatoms. The summed E-state index contributed by atoms with van der Waals surface area (Å²) in [6.45, 7) is 10.8. The van der Waals surface area contributed by atoms with E-state index >= 15 is 0 Å². The predicted molar refractivity (Wildman–Crippen MR) is 106 cm³/mol. The van der Waals surface area contributed by atoms with Crippen LogP contribution in [0.4, 0.5) is 0 Å². The van der Waals surface area contributed by atoms with E-state index in [1.807, 2.05) is 7.05 Å². The number of hydrogen-bond donors (Lipinski definition) is 1. The molecule has 3 fully saturated rings. The summed E-state index contributed by atoms with van der Waals surface area (Å²) in [7, 11) is 1.92. The number of nitrogens with zero attached hydrogens (tertiary/aromatic N) is 3. The number of rotatable bonds is 4. The minimum Gasteiger partial charge on any atom is -0.379 e. The van der Waals surface area contributed by atoms with Crippen LogP contribution in [-0.4, -0.2) is 75.3 Å². The summed E-state index contributed by atoms with van der Waals surface area (Å²) in [5.41, 5.74) is 0.636. The van der Waals surface area contributed by atoms with E-state index in [0.717, 1.165) is 45.4 Å². The standard InChI is InChI=1S/C17H32N4O.HI/c1-15(13-20-8-10-22-11-9-20)12-19-16(18-2)21-7-6-17(14-21)4-3-5-17;/h15H,3-14H2,1-2H3,(H,18,19);1H. The van der Waals surface area contributed by atoms with Crippen molar-refractivity contribution in [3.05, 3.63) is 0 Å². The molecule has 3 rings (SSSR count). The quantitative estimate of drug-likeness (QED) is 0.416. The van der Waals surface area contributed by atoms with Gasteiger partial charge in [0.15, 0.2) is 5.96 Å². The van der Waals surface area contributed by atoms with E-state index in [1.54, 1.807) is 0 Å². The normalized spacial score (nSPS) is 25.8. The lowest BCUT2D eigenvalue weighted by Gasteiger charge is -2.38. The van der Waals surface area contributed by atoms with Crippen molar-refractivity contribution in [2.45, 2.75) is 32.6 Å². The molecule has 1 saturated carbocycles. The van der Waals surface area contributed by atoms with Crippen molar-refractivity contribution in [3.8, 4) is 0 Å². The largest absolute Gasteiger partial charge is 0.379 e. The molecular formula is C17H33IN4O. The first-order chi connectivity index (χ1) is 10.7. The topological polar surface area (TPSA) is 40.1 Å². The summed E-state index contributed by atoms with van der Waals surface area (Å²) in [6, 6.07) is 0. The molecule has 23 heavy (non-hydrogen) atoms. The van der Waals surface area contributed by atoms with E-state index in [1.165, 1.54) is 38.8 Å². The lowest BCUT2D eigenvalue weighted by Crippen LogP contribution is -2.45. The SMILES string of the molecule is CN=C(NCC(C)CN1CCOCC1)N1CCC2(CCC2)C1.I. The zero-order chi connectivity index (χ0) is 15.4. The highest BCUT2D eigenvalue weighted by molar-refractivity contribution is 14.0. The molecular weight excluding hydrogens is 403 g/mol. The number of ether oxygens (including phenoxy) is 1. The Kier molecular flexibility index (Phi) is 7.41. The maximum absolute atomic E-state index is 5.42. The Hall–Kier alpha value is -0.0800. The molecule has 0 aromatic carbocycles. The zero-order valence-electron chi connectivity index (χ0n) is 14.7. The number of hydrogen-bond acceptors (Lipinski definition) is 3. The third-order valence-electron chi connectivity index (χ3n) is 5.65. The van der Waals surface area contributed by atoms with E-state index < -0.39 is 0 Å². The lowest BCUT2D eigenvalue weighted by atomic mass is 9.68. The van der Waals surface area contributed by atoms with Gasteiger partial charge in [0.2, 0.25) is 0 Å². The molecule has 2 aliphatic heterocycles. The number of likely N-dealkylation sites (tertiary alicyclic amines) is 1. The number of morpholine rings is 1. The Labute approximate surface area is 158 Å². The average Bonchev–Trinajstić information content (AvgIpc) is 2.95. The van der Waals surface area contributed by atoms with Gasteiger partial charge < -0.3 is 15.0 Å². The van der Waals surface area contributed by atoms with Crippen LogP contribution in [0, 0.1) is 11.3 Å². The molecule has 2 heterocycles. The highest BCUT2D eigenvalue weighted by Crippen LogP contribution is 2.47. The molecule has 1 atom stereocenters. The molecule has 3 aliphatic rings. The van der Waals surface area contributed by atoms with Gasteiger partial charge in [-0.15, -0.1) is 24.0 Å². The van der Waals surface area contributed by atoms with Crippen LogP contribution in [0.2, 0.25) is 0 Å². The zero-order valence-corrected chi connectivity index (χ0v) is 17.1. The van der Waals surface area contributed by atoms with Gasteiger partial charge in [0, 0.05) is 46.3 Å². The van der Waals surface area contributed by atoms with E-state index in [2.05, 4.69) is 27.0 Å². The summed E-state index contributed by atoms with van der Waals surface area (Å²) < 4.78 is 5.42. The van der Waals surface area contributed by atoms with Crippen molar-refractivity contribution in [1.29, 1.82) is 0 Å². The van der Waals surface area contributed by atoms with Gasteiger partial charge in [0.25, 0.3) is 0 Å². The van der Waals surface area contributed by atoms with Gasteiger partial charge in [-0.05, 0) is 30.6 Å². The van der Waals surface area contributed by atoms with Crippen LogP contribution in [0.5, 0.6) is 0 Å². The van der Waals surface area contributed by atoms with Crippen LogP contribution in [0.1, 0.15) is 32.6 Å². The van der Waals surface area contributed by atoms with Gasteiger partial charge in [-0.2, -0.15) is 0 Å². The smallest absolute Gasteiger partial charge is 0.193 e. The van der Waals surface area contributed by atoms with Crippen LogP contribution in [0.3, 0.4) is 0 Å². The van der Waals surface area contributed by atoms with Crippen LogP contribution < -0.4 is 5.32 Å². The maximum Gasteiger partial charge on any atom is 0.193 e. The summed E-state index contributed by atoms with van der Waals surface area (Å²) in [5.74, 6) is 1.74. The average molecular weight is 436 g/mol. The summed E-state index contributed by atoms with van der Waals surface area (Å²) in [5, 5.41) is 3.60. The van der Waals surface area contributed by atoms with Crippen LogP contribution >= 0.6 is 24.0 Å².